The first kappa shape index (κ1) is 19.1. The smallest absolute Gasteiger partial charge is 0.378 e. The molecule has 6 rings (SSSR count). The number of hydrogen-bond acceptors (Lipinski definition) is 7. The molecule has 2 aromatic heterocycles. The highest BCUT2D eigenvalue weighted by Crippen LogP contribution is 2.35. The molecular weight excluding hydrogens is 405 g/mol. The Bertz CT molecular complexity index is 916. The standard InChI is InChI=1S/C18H19F3N6O3/c19-18(20,21)16-23-15(24-30-16)11-1-2-14(22-8-11)26-9-12-7-13(10-26)27(12)17(28)25-3-5-29-6-4-25/h1-2,8,12-13H,3-7,9-10H2. The first-order valence-electron chi connectivity index (χ1n) is 9.67. The molecule has 2 atom stereocenters. The summed E-state index contributed by atoms with van der Waals surface area (Å²) in [6.07, 6.45) is -2.29. The average Bonchev–Trinajstić information content (AvgIpc) is 3.25. The van der Waals surface area contributed by atoms with Gasteiger partial charge in [-0.05, 0) is 18.6 Å². The summed E-state index contributed by atoms with van der Waals surface area (Å²) in [5.74, 6) is -0.848. The molecule has 2 unspecified atom stereocenters. The van der Waals surface area contributed by atoms with Crippen molar-refractivity contribution in [2.45, 2.75) is 24.7 Å². The van der Waals surface area contributed by atoms with E-state index < -0.39 is 12.1 Å². The maximum atomic E-state index is 12.8. The number of pyridine rings is 1. The lowest BCUT2D eigenvalue weighted by molar-refractivity contribution is -0.159. The van der Waals surface area contributed by atoms with Crippen LogP contribution < -0.4 is 4.90 Å². The number of anilines is 1. The molecule has 2 bridgehead atoms. The SMILES string of the molecule is O=C(N1CCOCC1)N1C2CC1CN(c1ccc(-c3noc(C(F)(F)F)n3)cn1)C2. The van der Waals surface area contributed by atoms with Gasteiger partial charge in [-0.25, -0.2) is 9.78 Å². The summed E-state index contributed by atoms with van der Waals surface area (Å²) in [4.78, 5) is 26.4. The van der Waals surface area contributed by atoms with E-state index >= 15 is 0 Å². The van der Waals surface area contributed by atoms with Crippen molar-refractivity contribution in [2.75, 3.05) is 44.3 Å². The Morgan fingerprint density at radius 3 is 2.47 bits per heavy atom. The molecule has 12 heteroatoms. The largest absolute Gasteiger partial charge is 0.471 e. The van der Waals surface area contributed by atoms with E-state index in [0.29, 0.717) is 50.8 Å². The monoisotopic (exact) mass is 424 g/mol. The van der Waals surface area contributed by atoms with Gasteiger partial charge in [0.2, 0.25) is 5.82 Å². The minimum atomic E-state index is -4.68. The Kier molecular flexibility index (Phi) is 4.53. The van der Waals surface area contributed by atoms with Crippen molar-refractivity contribution in [1.82, 2.24) is 24.9 Å². The first-order chi connectivity index (χ1) is 14.4. The lowest BCUT2D eigenvalue weighted by Crippen LogP contribution is -2.72. The molecule has 160 valence electrons. The van der Waals surface area contributed by atoms with Crippen LogP contribution in [0.2, 0.25) is 0 Å². The molecule has 4 aliphatic rings. The van der Waals surface area contributed by atoms with Crippen LogP contribution in [0.1, 0.15) is 12.3 Å². The lowest BCUT2D eigenvalue weighted by Gasteiger charge is -2.57. The Labute approximate surface area is 169 Å². The zero-order chi connectivity index (χ0) is 20.9. The second-order valence-corrected chi connectivity index (χ2v) is 7.56. The number of rotatable bonds is 2. The zero-order valence-corrected chi connectivity index (χ0v) is 15.9. The Morgan fingerprint density at radius 2 is 1.87 bits per heavy atom. The van der Waals surface area contributed by atoms with E-state index in [9.17, 15) is 18.0 Å². The number of morpholine rings is 1. The second-order valence-electron chi connectivity index (χ2n) is 7.56. The van der Waals surface area contributed by atoms with Crippen LogP contribution in [0.15, 0.2) is 22.9 Å². The molecule has 2 amide bonds. The molecule has 0 aromatic carbocycles. The summed E-state index contributed by atoms with van der Waals surface area (Å²) in [7, 11) is 0. The van der Waals surface area contributed by atoms with E-state index in [1.165, 1.54) is 6.20 Å². The molecule has 6 heterocycles. The maximum absolute atomic E-state index is 12.8. The fourth-order valence-corrected chi connectivity index (χ4v) is 4.19. The molecular formula is C18H19F3N6O3. The van der Waals surface area contributed by atoms with E-state index in [-0.39, 0.29) is 23.9 Å². The van der Waals surface area contributed by atoms with Crippen molar-refractivity contribution in [3.05, 3.63) is 24.2 Å². The van der Waals surface area contributed by atoms with E-state index in [0.717, 1.165) is 6.42 Å². The second kappa shape index (κ2) is 7.11. The Morgan fingerprint density at radius 1 is 1.13 bits per heavy atom. The quantitative estimate of drug-likeness (QED) is 0.727. The number of carbonyl (C=O) groups is 1. The third-order valence-electron chi connectivity index (χ3n) is 5.69. The molecule has 0 spiro atoms. The highest BCUT2D eigenvalue weighted by Gasteiger charge is 2.48. The van der Waals surface area contributed by atoms with E-state index in [1.807, 2.05) is 9.80 Å². The van der Waals surface area contributed by atoms with Crippen LogP contribution in [0.25, 0.3) is 11.4 Å². The molecule has 0 saturated carbocycles. The lowest BCUT2D eigenvalue weighted by atomic mass is 9.87. The fourth-order valence-electron chi connectivity index (χ4n) is 4.19. The van der Waals surface area contributed by atoms with Gasteiger partial charge < -0.3 is 24.0 Å². The van der Waals surface area contributed by atoms with Crippen LogP contribution in [-0.2, 0) is 10.9 Å². The summed E-state index contributed by atoms with van der Waals surface area (Å²) in [6, 6.07) is 3.67. The molecule has 0 aliphatic carbocycles. The van der Waals surface area contributed by atoms with Gasteiger partial charge in [-0.15, -0.1) is 0 Å². The van der Waals surface area contributed by atoms with Gasteiger partial charge in [0.05, 0.1) is 25.3 Å². The molecule has 0 N–H and O–H groups in total. The van der Waals surface area contributed by atoms with Crippen LogP contribution in [0.3, 0.4) is 0 Å². The van der Waals surface area contributed by atoms with E-state index in [1.54, 1.807) is 12.1 Å². The van der Waals surface area contributed by atoms with Crippen LogP contribution in [0.5, 0.6) is 0 Å². The summed E-state index contributed by atoms with van der Waals surface area (Å²) in [6.45, 7) is 3.71. The summed E-state index contributed by atoms with van der Waals surface area (Å²) < 4.78 is 47.4. The number of carbonyl (C=O) groups excluding carboxylic acids is 1. The topological polar surface area (TPSA) is 87.8 Å². The number of halogens is 3. The minimum Gasteiger partial charge on any atom is -0.378 e. The zero-order valence-electron chi connectivity index (χ0n) is 15.9. The molecule has 9 nitrogen and oxygen atoms in total. The number of amides is 2. The third-order valence-corrected chi connectivity index (χ3v) is 5.69. The van der Waals surface area contributed by atoms with Gasteiger partial charge in [0.25, 0.3) is 0 Å². The summed E-state index contributed by atoms with van der Waals surface area (Å²) in [5.41, 5.74) is 0.337. The molecule has 30 heavy (non-hydrogen) atoms. The molecule has 4 saturated heterocycles. The highest BCUT2D eigenvalue weighted by atomic mass is 19.4. The van der Waals surface area contributed by atoms with Gasteiger partial charge in [0.15, 0.2) is 0 Å². The number of piperazine rings is 1. The summed E-state index contributed by atoms with van der Waals surface area (Å²) in [5, 5.41) is 3.37. The van der Waals surface area contributed by atoms with Gasteiger partial charge in [0, 0.05) is 37.9 Å². The molecule has 2 aromatic rings. The van der Waals surface area contributed by atoms with Crippen LogP contribution in [0.4, 0.5) is 23.8 Å². The predicted octanol–water partition coefficient (Wildman–Crippen LogP) is 1.87. The van der Waals surface area contributed by atoms with Crippen molar-refractivity contribution >= 4 is 11.8 Å². The molecule has 4 aliphatic heterocycles. The van der Waals surface area contributed by atoms with Crippen LogP contribution >= 0.6 is 0 Å². The van der Waals surface area contributed by atoms with Crippen LogP contribution in [0, 0.1) is 0 Å². The number of nitrogens with zero attached hydrogens (tertiary/aromatic N) is 6. The third kappa shape index (κ3) is 3.34. The van der Waals surface area contributed by atoms with Gasteiger partial charge in [-0.3, -0.25) is 0 Å². The van der Waals surface area contributed by atoms with Gasteiger partial charge >= 0.3 is 18.1 Å². The van der Waals surface area contributed by atoms with Crippen molar-refractivity contribution in [3.8, 4) is 11.4 Å². The number of ether oxygens (including phenoxy) is 1. The summed E-state index contributed by atoms with van der Waals surface area (Å²) >= 11 is 0. The molecule has 0 radical (unpaired) electrons. The number of urea groups is 1. The Hall–Kier alpha value is -2.89. The van der Waals surface area contributed by atoms with Crippen molar-refractivity contribution in [1.29, 1.82) is 0 Å². The first-order valence-corrected chi connectivity index (χ1v) is 9.67. The van der Waals surface area contributed by atoms with E-state index in [2.05, 4.69) is 24.5 Å². The van der Waals surface area contributed by atoms with Crippen molar-refractivity contribution < 1.29 is 27.2 Å². The number of piperidine rings is 1. The Balaban J connectivity index is 1.24. The fraction of sp³-hybridized carbons (Fsp3) is 0.556. The van der Waals surface area contributed by atoms with Gasteiger partial charge in [-0.1, -0.05) is 5.16 Å². The van der Waals surface area contributed by atoms with Crippen molar-refractivity contribution in [2.24, 2.45) is 0 Å². The van der Waals surface area contributed by atoms with Crippen LogP contribution in [-0.4, -0.2) is 82.4 Å². The minimum absolute atomic E-state index is 0.0695. The highest BCUT2D eigenvalue weighted by molar-refractivity contribution is 5.77. The number of fused-ring (bicyclic) bond motifs is 2. The average molecular weight is 424 g/mol. The maximum Gasteiger partial charge on any atom is 0.471 e. The normalized spacial score (nSPS) is 24.0. The van der Waals surface area contributed by atoms with Gasteiger partial charge in [0.1, 0.15) is 5.82 Å². The van der Waals surface area contributed by atoms with Gasteiger partial charge in [-0.2, -0.15) is 18.2 Å². The van der Waals surface area contributed by atoms with E-state index in [4.69, 9.17) is 4.74 Å². The molecule has 4 fully saturated rings. The number of aromatic nitrogens is 3. The number of hydrogen-bond donors (Lipinski definition) is 0. The van der Waals surface area contributed by atoms with Crippen molar-refractivity contribution in [3.63, 3.8) is 0 Å². The number of alkyl halides is 3. The predicted molar refractivity (Wildman–Crippen MR) is 96.6 cm³/mol.